The molecule has 1 heterocycles. The molecule has 2 N–H and O–H groups in total. The molecule has 0 unspecified atom stereocenters. The third-order valence-corrected chi connectivity index (χ3v) is 7.52. The van der Waals surface area contributed by atoms with Crippen molar-refractivity contribution in [2.24, 2.45) is 0 Å². The van der Waals surface area contributed by atoms with Crippen LogP contribution in [0.2, 0.25) is 0 Å². The van der Waals surface area contributed by atoms with E-state index in [0.29, 0.717) is 11.6 Å². The van der Waals surface area contributed by atoms with E-state index in [4.69, 9.17) is 0 Å². The lowest BCUT2D eigenvalue weighted by molar-refractivity contribution is -0.137. The van der Waals surface area contributed by atoms with Crippen LogP contribution in [0.25, 0.3) is 0 Å². The van der Waals surface area contributed by atoms with Gasteiger partial charge in [0.1, 0.15) is 11.9 Å². The fourth-order valence-corrected chi connectivity index (χ4v) is 5.39. The van der Waals surface area contributed by atoms with Crippen molar-refractivity contribution in [3.63, 3.8) is 0 Å². The first-order valence-corrected chi connectivity index (χ1v) is 12.3. The zero-order chi connectivity index (χ0) is 25.8. The average Bonchev–Trinajstić information content (AvgIpc) is 2.78. The molecule has 1 aliphatic heterocycles. The molecule has 12 heteroatoms. The quantitative estimate of drug-likeness (QED) is 0.555. The number of nitrogens with one attached hydrogen (secondary N) is 2. The minimum atomic E-state index is -4.67. The standard InChI is InChI=1S/C23H25F4N3O4S/c1-15(31)28-21(13-16-4-2-6-18(24)12-16)22(32)29-19-8-10-30(11-9-19)35(33,34)20-7-3-5-17(14-20)23(25,26)27/h2-7,12,14,19,21H,8-11,13H2,1H3,(H,28,31)(H,29,32)/t21-/m0/s1. The SMILES string of the molecule is CC(=O)N[C@@H](Cc1cccc(F)c1)C(=O)NC1CCN(S(=O)(=O)c2cccc(C(F)(F)F)c2)CC1. The van der Waals surface area contributed by atoms with Crippen LogP contribution in [0.4, 0.5) is 17.6 Å². The van der Waals surface area contributed by atoms with Gasteiger partial charge >= 0.3 is 6.18 Å². The molecule has 190 valence electrons. The number of halogens is 4. The van der Waals surface area contributed by atoms with Crippen LogP contribution in [0, 0.1) is 5.82 Å². The van der Waals surface area contributed by atoms with Crippen LogP contribution in [0.5, 0.6) is 0 Å². The van der Waals surface area contributed by atoms with Gasteiger partial charge in [-0.05, 0) is 48.7 Å². The van der Waals surface area contributed by atoms with Crippen molar-refractivity contribution >= 4 is 21.8 Å². The number of hydrogen-bond acceptors (Lipinski definition) is 4. The van der Waals surface area contributed by atoms with Gasteiger partial charge in [0.25, 0.3) is 0 Å². The number of carbonyl (C=O) groups excluding carboxylic acids is 2. The number of amides is 2. The molecule has 1 atom stereocenters. The number of benzene rings is 2. The molecule has 1 saturated heterocycles. The van der Waals surface area contributed by atoms with Gasteiger partial charge in [-0.15, -0.1) is 0 Å². The van der Waals surface area contributed by atoms with E-state index in [1.807, 2.05) is 0 Å². The van der Waals surface area contributed by atoms with Crippen LogP contribution in [0.15, 0.2) is 53.4 Å². The summed E-state index contributed by atoms with van der Waals surface area (Å²) in [5.41, 5.74) is -0.538. The van der Waals surface area contributed by atoms with E-state index in [0.717, 1.165) is 22.5 Å². The first-order valence-electron chi connectivity index (χ1n) is 10.9. The first-order chi connectivity index (χ1) is 16.4. The van der Waals surface area contributed by atoms with Crippen molar-refractivity contribution in [2.45, 2.75) is 49.3 Å². The van der Waals surface area contributed by atoms with Gasteiger partial charge in [-0.1, -0.05) is 18.2 Å². The summed E-state index contributed by atoms with van der Waals surface area (Å²) < 4.78 is 79.2. The second-order valence-corrected chi connectivity index (χ2v) is 10.2. The third kappa shape index (κ3) is 7.01. The molecule has 1 fully saturated rings. The van der Waals surface area contributed by atoms with Crippen LogP contribution in [-0.2, 0) is 32.2 Å². The highest BCUT2D eigenvalue weighted by Gasteiger charge is 2.35. The lowest BCUT2D eigenvalue weighted by atomic mass is 10.0. The number of hydrogen-bond donors (Lipinski definition) is 2. The minimum absolute atomic E-state index is 0.00176. The predicted octanol–water partition coefficient (Wildman–Crippen LogP) is 2.86. The molecule has 7 nitrogen and oxygen atoms in total. The maximum Gasteiger partial charge on any atom is 0.416 e. The molecule has 0 spiro atoms. The minimum Gasteiger partial charge on any atom is -0.351 e. The van der Waals surface area contributed by atoms with E-state index in [2.05, 4.69) is 10.6 Å². The van der Waals surface area contributed by atoms with E-state index >= 15 is 0 Å². The largest absolute Gasteiger partial charge is 0.416 e. The number of alkyl halides is 3. The Morgan fingerprint density at radius 3 is 2.34 bits per heavy atom. The topological polar surface area (TPSA) is 95.6 Å². The van der Waals surface area contributed by atoms with Gasteiger partial charge in [0.05, 0.1) is 10.5 Å². The summed E-state index contributed by atoms with van der Waals surface area (Å²) >= 11 is 0. The summed E-state index contributed by atoms with van der Waals surface area (Å²) in [7, 11) is -4.15. The Kier molecular flexibility index (Phi) is 8.16. The molecular weight excluding hydrogens is 490 g/mol. The zero-order valence-corrected chi connectivity index (χ0v) is 19.6. The zero-order valence-electron chi connectivity index (χ0n) is 18.8. The number of rotatable bonds is 7. The van der Waals surface area contributed by atoms with Gasteiger partial charge in [0.15, 0.2) is 0 Å². The maximum absolute atomic E-state index is 13.5. The van der Waals surface area contributed by atoms with Crippen molar-refractivity contribution in [3.8, 4) is 0 Å². The summed E-state index contributed by atoms with van der Waals surface area (Å²) in [5.74, 6) is -1.41. The predicted molar refractivity (Wildman–Crippen MR) is 119 cm³/mol. The molecule has 35 heavy (non-hydrogen) atoms. The Morgan fingerprint density at radius 2 is 1.74 bits per heavy atom. The third-order valence-electron chi connectivity index (χ3n) is 5.62. The Bertz CT molecular complexity index is 1180. The monoisotopic (exact) mass is 515 g/mol. The average molecular weight is 516 g/mol. The number of nitrogens with zero attached hydrogens (tertiary/aromatic N) is 1. The van der Waals surface area contributed by atoms with Gasteiger partial charge in [-0.3, -0.25) is 9.59 Å². The van der Waals surface area contributed by atoms with Crippen molar-refractivity contribution < 1.29 is 35.6 Å². The number of sulfonamides is 1. The molecular formula is C23H25F4N3O4S. The molecule has 2 aromatic rings. The number of carbonyl (C=O) groups is 2. The van der Waals surface area contributed by atoms with E-state index in [1.165, 1.54) is 25.1 Å². The Balaban J connectivity index is 1.63. The van der Waals surface area contributed by atoms with E-state index < -0.39 is 56.4 Å². The fourth-order valence-electron chi connectivity index (χ4n) is 3.88. The molecule has 0 bridgehead atoms. The number of piperidine rings is 1. The van der Waals surface area contributed by atoms with Gasteiger partial charge in [-0.25, -0.2) is 12.8 Å². The summed E-state index contributed by atoms with van der Waals surface area (Å²) in [4.78, 5) is 23.9. The van der Waals surface area contributed by atoms with Crippen molar-refractivity contribution in [1.82, 2.24) is 14.9 Å². The summed E-state index contributed by atoms with van der Waals surface area (Å²) in [6, 6.07) is 7.85. The van der Waals surface area contributed by atoms with Crippen molar-refractivity contribution in [3.05, 3.63) is 65.5 Å². The van der Waals surface area contributed by atoms with Gasteiger partial charge < -0.3 is 10.6 Å². The molecule has 0 saturated carbocycles. The van der Waals surface area contributed by atoms with Crippen molar-refractivity contribution in [2.75, 3.05) is 13.1 Å². The van der Waals surface area contributed by atoms with E-state index in [9.17, 15) is 35.6 Å². The lowest BCUT2D eigenvalue weighted by Crippen LogP contribution is -2.53. The Labute approximate surface area is 200 Å². The second-order valence-electron chi connectivity index (χ2n) is 8.30. The lowest BCUT2D eigenvalue weighted by Gasteiger charge is -2.32. The Morgan fingerprint density at radius 1 is 1.09 bits per heavy atom. The second kappa shape index (κ2) is 10.7. The maximum atomic E-state index is 13.5. The van der Waals surface area contributed by atoms with Gasteiger partial charge in [-0.2, -0.15) is 17.5 Å². The van der Waals surface area contributed by atoms with Crippen LogP contribution in [0.1, 0.15) is 30.9 Å². The van der Waals surface area contributed by atoms with E-state index in [1.54, 1.807) is 6.07 Å². The van der Waals surface area contributed by atoms with Crippen LogP contribution < -0.4 is 10.6 Å². The first kappa shape index (κ1) is 26.6. The summed E-state index contributed by atoms with van der Waals surface area (Å²) in [6.07, 6.45) is -4.14. The highest BCUT2D eigenvalue weighted by atomic mass is 32.2. The van der Waals surface area contributed by atoms with Gasteiger partial charge in [0, 0.05) is 32.5 Å². The molecule has 2 amide bonds. The van der Waals surface area contributed by atoms with Crippen LogP contribution >= 0.6 is 0 Å². The van der Waals surface area contributed by atoms with E-state index in [-0.39, 0.29) is 32.4 Å². The molecule has 0 aliphatic carbocycles. The highest BCUT2D eigenvalue weighted by Crippen LogP contribution is 2.31. The van der Waals surface area contributed by atoms with Crippen LogP contribution in [-0.4, -0.2) is 49.7 Å². The molecule has 0 radical (unpaired) electrons. The summed E-state index contributed by atoms with van der Waals surface area (Å²) in [5, 5.41) is 5.32. The van der Waals surface area contributed by atoms with Crippen molar-refractivity contribution in [1.29, 1.82) is 0 Å². The molecule has 0 aromatic heterocycles. The molecule has 3 rings (SSSR count). The Hall–Kier alpha value is -2.99. The van der Waals surface area contributed by atoms with Crippen LogP contribution in [0.3, 0.4) is 0 Å². The molecule has 1 aliphatic rings. The smallest absolute Gasteiger partial charge is 0.351 e. The van der Waals surface area contributed by atoms with Gasteiger partial charge in [0.2, 0.25) is 21.8 Å². The molecule has 2 aromatic carbocycles. The fraction of sp³-hybridized carbons (Fsp3) is 0.391. The normalized spacial score (nSPS) is 16.5. The highest BCUT2D eigenvalue weighted by molar-refractivity contribution is 7.89. The summed E-state index contributed by atoms with van der Waals surface area (Å²) in [6.45, 7) is 1.25.